The molecule has 3 aliphatic rings. The molecule has 0 aromatic carbocycles. The monoisotopic (exact) mass is 209 g/mol. The Hall–Kier alpha value is -0.0800. The van der Waals surface area contributed by atoms with Gasteiger partial charge >= 0.3 is 0 Å². The molecule has 0 heterocycles. The molecule has 0 aromatic heterocycles. The maximum absolute atomic E-state index is 5.85. The van der Waals surface area contributed by atoms with E-state index >= 15 is 0 Å². The topological polar surface area (TPSA) is 21.3 Å². The van der Waals surface area contributed by atoms with E-state index in [4.69, 9.17) is 4.74 Å². The van der Waals surface area contributed by atoms with Gasteiger partial charge in [0.1, 0.15) is 0 Å². The summed E-state index contributed by atoms with van der Waals surface area (Å²) in [5, 5.41) is 3.84. The van der Waals surface area contributed by atoms with Gasteiger partial charge in [-0.05, 0) is 38.5 Å². The van der Waals surface area contributed by atoms with E-state index in [0.717, 1.165) is 24.6 Å². The SMILES string of the molecule is CCOC1CC(NC2CC2C)C12CCC2. The highest BCUT2D eigenvalue weighted by atomic mass is 16.5. The van der Waals surface area contributed by atoms with E-state index in [-0.39, 0.29) is 0 Å². The fraction of sp³-hybridized carbons (Fsp3) is 1.00. The molecule has 0 radical (unpaired) electrons. The van der Waals surface area contributed by atoms with Crippen LogP contribution in [0.15, 0.2) is 0 Å². The lowest BCUT2D eigenvalue weighted by molar-refractivity contribution is -0.173. The van der Waals surface area contributed by atoms with Crippen LogP contribution in [0.2, 0.25) is 0 Å². The van der Waals surface area contributed by atoms with Crippen molar-refractivity contribution in [1.29, 1.82) is 0 Å². The summed E-state index contributed by atoms with van der Waals surface area (Å²) in [6, 6.07) is 1.60. The molecule has 0 saturated heterocycles. The van der Waals surface area contributed by atoms with Crippen LogP contribution in [-0.2, 0) is 4.74 Å². The van der Waals surface area contributed by atoms with E-state index in [1.807, 2.05) is 0 Å². The van der Waals surface area contributed by atoms with Crippen LogP contribution in [0, 0.1) is 11.3 Å². The van der Waals surface area contributed by atoms with Crippen molar-refractivity contribution in [3.8, 4) is 0 Å². The molecule has 2 nitrogen and oxygen atoms in total. The zero-order valence-corrected chi connectivity index (χ0v) is 9.96. The lowest BCUT2D eigenvalue weighted by Gasteiger charge is -2.61. The molecule has 3 rings (SSSR count). The van der Waals surface area contributed by atoms with Gasteiger partial charge in [-0.3, -0.25) is 0 Å². The second-order valence-corrected chi connectivity index (χ2v) is 5.81. The highest BCUT2D eigenvalue weighted by Gasteiger charge is 2.59. The Kier molecular flexibility index (Phi) is 2.33. The summed E-state index contributed by atoms with van der Waals surface area (Å²) in [5.41, 5.74) is 0.554. The number of hydrogen-bond donors (Lipinski definition) is 1. The summed E-state index contributed by atoms with van der Waals surface area (Å²) >= 11 is 0. The molecule has 3 saturated carbocycles. The molecular weight excluding hydrogens is 186 g/mol. The first-order valence-electron chi connectivity index (χ1n) is 6.64. The fourth-order valence-electron chi connectivity index (χ4n) is 3.48. The summed E-state index contributed by atoms with van der Waals surface area (Å²) in [7, 11) is 0. The van der Waals surface area contributed by atoms with Crippen LogP contribution >= 0.6 is 0 Å². The third-order valence-corrected chi connectivity index (χ3v) is 4.96. The first kappa shape index (κ1) is 10.1. The first-order valence-corrected chi connectivity index (χ1v) is 6.64. The quantitative estimate of drug-likeness (QED) is 0.767. The van der Waals surface area contributed by atoms with Crippen molar-refractivity contribution in [2.24, 2.45) is 11.3 Å². The Morgan fingerprint density at radius 2 is 2.07 bits per heavy atom. The molecule has 0 bridgehead atoms. The minimum Gasteiger partial charge on any atom is -0.378 e. The Labute approximate surface area is 92.8 Å². The van der Waals surface area contributed by atoms with Crippen LogP contribution in [0.5, 0.6) is 0 Å². The lowest BCUT2D eigenvalue weighted by atomic mass is 9.51. The van der Waals surface area contributed by atoms with E-state index in [9.17, 15) is 0 Å². The van der Waals surface area contributed by atoms with Gasteiger partial charge in [-0.25, -0.2) is 0 Å². The van der Waals surface area contributed by atoms with Crippen molar-refractivity contribution >= 4 is 0 Å². The fourth-order valence-corrected chi connectivity index (χ4v) is 3.48. The minimum absolute atomic E-state index is 0.554. The van der Waals surface area contributed by atoms with Crippen LogP contribution in [0.1, 0.15) is 46.0 Å². The van der Waals surface area contributed by atoms with Crippen LogP contribution in [0.3, 0.4) is 0 Å². The van der Waals surface area contributed by atoms with Gasteiger partial charge in [-0.1, -0.05) is 13.3 Å². The summed E-state index contributed by atoms with van der Waals surface area (Å²) < 4.78 is 5.85. The van der Waals surface area contributed by atoms with Crippen LogP contribution < -0.4 is 5.32 Å². The van der Waals surface area contributed by atoms with Gasteiger partial charge in [0.05, 0.1) is 6.10 Å². The minimum atomic E-state index is 0.554. The Morgan fingerprint density at radius 1 is 1.33 bits per heavy atom. The second-order valence-electron chi connectivity index (χ2n) is 5.81. The van der Waals surface area contributed by atoms with Crippen molar-refractivity contribution in [2.45, 2.75) is 64.1 Å². The molecule has 0 aromatic rings. The molecule has 4 unspecified atom stereocenters. The van der Waals surface area contributed by atoms with Crippen molar-refractivity contribution < 1.29 is 4.74 Å². The predicted octanol–water partition coefficient (Wildman–Crippen LogP) is 2.33. The van der Waals surface area contributed by atoms with Crippen molar-refractivity contribution in [3.63, 3.8) is 0 Å². The highest BCUT2D eigenvalue weighted by Crippen LogP contribution is 2.57. The van der Waals surface area contributed by atoms with Crippen LogP contribution in [0.4, 0.5) is 0 Å². The third kappa shape index (κ3) is 1.45. The molecule has 3 aliphatic carbocycles. The van der Waals surface area contributed by atoms with Gasteiger partial charge in [-0.2, -0.15) is 0 Å². The number of ether oxygens (including phenoxy) is 1. The summed E-state index contributed by atoms with van der Waals surface area (Å²) in [6.45, 7) is 5.36. The van der Waals surface area contributed by atoms with Gasteiger partial charge < -0.3 is 10.1 Å². The van der Waals surface area contributed by atoms with Crippen molar-refractivity contribution in [2.75, 3.05) is 6.61 Å². The standard InChI is InChI=1S/C13H23NO/c1-3-15-12-8-11(13(12)5-4-6-13)14-10-7-9(10)2/h9-12,14H,3-8H2,1-2H3. The Morgan fingerprint density at radius 3 is 2.53 bits per heavy atom. The van der Waals surface area contributed by atoms with E-state index in [2.05, 4.69) is 19.2 Å². The average molecular weight is 209 g/mol. The van der Waals surface area contributed by atoms with Crippen LogP contribution in [-0.4, -0.2) is 24.8 Å². The van der Waals surface area contributed by atoms with E-state index in [0.29, 0.717) is 11.5 Å². The van der Waals surface area contributed by atoms with Gasteiger partial charge in [0.25, 0.3) is 0 Å². The number of nitrogens with one attached hydrogen (secondary N) is 1. The van der Waals surface area contributed by atoms with Crippen LogP contribution in [0.25, 0.3) is 0 Å². The average Bonchev–Trinajstić information content (AvgIpc) is 2.77. The van der Waals surface area contributed by atoms with E-state index in [1.165, 1.54) is 32.1 Å². The van der Waals surface area contributed by atoms with E-state index < -0.39 is 0 Å². The molecule has 0 amide bonds. The highest BCUT2D eigenvalue weighted by molar-refractivity contribution is 5.13. The zero-order chi connectivity index (χ0) is 10.5. The Bertz CT molecular complexity index is 249. The predicted molar refractivity (Wildman–Crippen MR) is 60.8 cm³/mol. The number of hydrogen-bond acceptors (Lipinski definition) is 2. The summed E-state index contributed by atoms with van der Waals surface area (Å²) in [4.78, 5) is 0. The molecule has 0 aliphatic heterocycles. The smallest absolute Gasteiger partial charge is 0.0661 e. The first-order chi connectivity index (χ1) is 7.26. The van der Waals surface area contributed by atoms with Gasteiger partial charge in [0.2, 0.25) is 0 Å². The molecule has 15 heavy (non-hydrogen) atoms. The van der Waals surface area contributed by atoms with Gasteiger partial charge in [0.15, 0.2) is 0 Å². The molecular formula is C13H23NO. The molecule has 2 heteroatoms. The van der Waals surface area contributed by atoms with Gasteiger partial charge in [0, 0.05) is 24.1 Å². The summed E-state index contributed by atoms with van der Waals surface area (Å²) in [6.07, 6.45) is 7.44. The maximum atomic E-state index is 5.85. The van der Waals surface area contributed by atoms with E-state index in [1.54, 1.807) is 0 Å². The third-order valence-electron chi connectivity index (χ3n) is 4.96. The normalized spacial score (nSPS) is 46.0. The molecule has 1 N–H and O–H groups in total. The summed E-state index contributed by atoms with van der Waals surface area (Å²) in [5.74, 6) is 0.924. The van der Waals surface area contributed by atoms with Gasteiger partial charge in [-0.15, -0.1) is 0 Å². The lowest BCUT2D eigenvalue weighted by Crippen LogP contribution is -2.67. The molecule has 1 spiro atoms. The van der Waals surface area contributed by atoms with Crippen molar-refractivity contribution in [1.82, 2.24) is 5.32 Å². The Balaban J connectivity index is 1.57. The van der Waals surface area contributed by atoms with Crippen molar-refractivity contribution in [3.05, 3.63) is 0 Å². The maximum Gasteiger partial charge on any atom is 0.0661 e. The number of rotatable bonds is 4. The molecule has 3 fully saturated rings. The zero-order valence-electron chi connectivity index (χ0n) is 9.96. The molecule has 86 valence electrons. The molecule has 4 atom stereocenters. The second kappa shape index (κ2) is 3.46. The largest absolute Gasteiger partial charge is 0.378 e.